The minimum atomic E-state index is 0.0368. The van der Waals surface area contributed by atoms with E-state index in [0.29, 0.717) is 26.2 Å². The zero-order chi connectivity index (χ0) is 19.0. The van der Waals surface area contributed by atoms with E-state index < -0.39 is 0 Å². The standard InChI is InChI=1S/C22H23N3O2/c1-16-7-3-4-8-17(16)21(26)24-11-13-25(14-12-24)22(27)19-15-23(2)20-10-6-5-9-18(19)20/h3-10,15H,11-14H2,1-2H3. The molecule has 0 aliphatic carbocycles. The van der Waals surface area contributed by atoms with Gasteiger partial charge < -0.3 is 14.4 Å². The lowest BCUT2D eigenvalue weighted by atomic mass is 10.1. The van der Waals surface area contributed by atoms with Crippen molar-refractivity contribution >= 4 is 22.7 Å². The second-order valence-corrected chi connectivity index (χ2v) is 7.07. The van der Waals surface area contributed by atoms with E-state index in [0.717, 1.165) is 27.6 Å². The molecule has 0 saturated carbocycles. The highest BCUT2D eigenvalue weighted by Crippen LogP contribution is 2.22. The van der Waals surface area contributed by atoms with E-state index in [-0.39, 0.29) is 11.8 Å². The average molecular weight is 361 g/mol. The SMILES string of the molecule is Cc1ccccc1C(=O)N1CCN(C(=O)c2cn(C)c3ccccc23)CC1. The Morgan fingerprint density at radius 3 is 2.00 bits per heavy atom. The van der Waals surface area contributed by atoms with Crippen LogP contribution >= 0.6 is 0 Å². The molecule has 1 aromatic heterocycles. The lowest BCUT2D eigenvalue weighted by Crippen LogP contribution is -2.50. The monoisotopic (exact) mass is 361 g/mol. The second-order valence-electron chi connectivity index (χ2n) is 7.07. The smallest absolute Gasteiger partial charge is 0.256 e. The molecule has 2 heterocycles. The van der Waals surface area contributed by atoms with Crippen molar-refractivity contribution in [1.82, 2.24) is 14.4 Å². The number of aromatic nitrogens is 1. The Morgan fingerprint density at radius 2 is 1.33 bits per heavy atom. The van der Waals surface area contributed by atoms with Gasteiger partial charge in [-0.3, -0.25) is 9.59 Å². The summed E-state index contributed by atoms with van der Waals surface area (Å²) in [6.45, 7) is 4.18. The summed E-state index contributed by atoms with van der Waals surface area (Å²) in [5, 5.41) is 0.975. The van der Waals surface area contributed by atoms with Crippen LogP contribution in [0.1, 0.15) is 26.3 Å². The van der Waals surface area contributed by atoms with Gasteiger partial charge in [-0.05, 0) is 24.6 Å². The first-order chi connectivity index (χ1) is 13.1. The quantitative estimate of drug-likeness (QED) is 0.704. The Labute approximate surface area is 158 Å². The van der Waals surface area contributed by atoms with Crippen LogP contribution in [-0.4, -0.2) is 52.4 Å². The first-order valence-electron chi connectivity index (χ1n) is 9.24. The molecule has 1 saturated heterocycles. The molecule has 5 heteroatoms. The van der Waals surface area contributed by atoms with Crippen LogP contribution in [0.15, 0.2) is 54.7 Å². The van der Waals surface area contributed by atoms with Gasteiger partial charge in [0.1, 0.15) is 0 Å². The van der Waals surface area contributed by atoms with Gasteiger partial charge in [-0.15, -0.1) is 0 Å². The van der Waals surface area contributed by atoms with Gasteiger partial charge in [0.15, 0.2) is 0 Å². The van der Waals surface area contributed by atoms with Crippen LogP contribution in [-0.2, 0) is 7.05 Å². The van der Waals surface area contributed by atoms with Crippen molar-refractivity contribution in [2.45, 2.75) is 6.92 Å². The van der Waals surface area contributed by atoms with E-state index >= 15 is 0 Å². The Morgan fingerprint density at radius 1 is 0.778 bits per heavy atom. The summed E-state index contributed by atoms with van der Waals surface area (Å²) >= 11 is 0. The molecule has 1 aliphatic rings. The third-order valence-electron chi connectivity index (χ3n) is 5.36. The number of hydrogen-bond acceptors (Lipinski definition) is 2. The summed E-state index contributed by atoms with van der Waals surface area (Å²) in [7, 11) is 1.96. The maximum Gasteiger partial charge on any atom is 0.256 e. The third-order valence-corrected chi connectivity index (χ3v) is 5.36. The topological polar surface area (TPSA) is 45.6 Å². The summed E-state index contributed by atoms with van der Waals surface area (Å²) < 4.78 is 1.99. The minimum absolute atomic E-state index is 0.0368. The van der Waals surface area contributed by atoms with E-state index in [9.17, 15) is 9.59 Å². The molecule has 1 fully saturated rings. The highest BCUT2D eigenvalue weighted by molar-refractivity contribution is 6.07. The summed E-state index contributed by atoms with van der Waals surface area (Å²) in [4.78, 5) is 29.5. The van der Waals surface area contributed by atoms with Gasteiger partial charge in [0, 0.05) is 55.9 Å². The number of carbonyl (C=O) groups excluding carboxylic acids is 2. The molecule has 2 amide bonds. The molecule has 5 nitrogen and oxygen atoms in total. The predicted octanol–water partition coefficient (Wildman–Crippen LogP) is 3.08. The average Bonchev–Trinajstić information content (AvgIpc) is 3.04. The van der Waals surface area contributed by atoms with Gasteiger partial charge in [0.25, 0.3) is 11.8 Å². The molecule has 0 N–H and O–H groups in total. The Hall–Kier alpha value is -3.08. The van der Waals surface area contributed by atoms with Crippen molar-refractivity contribution in [2.75, 3.05) is 26.2 Å². The number of hydrogen-bond donors (Lipinski definition) is 0. The van der Waals surface area contributed by atoms with E-state index in [1.807, 2.05) is 83.1 Å². The molecule has 27 heavy (non-hydrogen) atoms. The summed E-state index contributed by atoms with van der Waals surface area (Å²) in [5.41, 5.74) is 3.50. The van der Waals surface area contributed by atoms with Crippen LogP contribution in [0.5, 0.6) is 0 Å². The van der Waals surface area contributed by atoms with Crippen molar-refractivity contribution in [1.29, 1.82) is 0 Å². The Bertz CT molecular complexity index is 1010. The molecule has 0 atom stereocenters. The number of nitrogens with zero attached hydrogens (tertiary/aromatic N) is 3. The number of piperazine rings is 1. The first kappa shape index (κ1) is 17.3. The fraction of sp³-hybridized carbons (Fsp3) is 0.273. The molecule has 1 aliphatic heterocycles. The lowest BCUT2D eigenvalue weighted by Gasteiger charge is -2.35. The molecule has 138 valence electrons. The largest absolute Gasteiger partial charge is 0.350 e. The van der Waals surface area contributed by atoms with Crippen LogP contribution in [0, 0.1) is 6.92 Å². The Kier molecular flexibility index (Phi) is 4.44. The van der Waals surface area contributed by atoms with Crippen molar-refractivity contribution in [3.63, 3.8) is 0 Å². The van der Waals surface area contributed by atoms with Gasteiger partial charge in [-0.25, -0.2) is 0 Å². The molecule has 0 spiro atoms. The van der Waals surface area contributed by atoms with Gasteiger partial charge >= 0.3 is 0 Å². The number of rotatable bonds is 2. The second kappa shape index (κ2) is 6.91. The number of para-hydroxylation sites is 1. The third kappa shape index (κ3) is 3.10. The van der Waals surface area contributed by atoms with Crippen LogP contribution in [0.25, 0.3) is 10.9 Å². The van der Waals surface area contributed by atoms with Crippen LogP contribution in [0.4, 0.5) is 0 Å². The van der Waals surface area contributed by atoms with Gasteiger partial charge in [-0.2, -0.15) is 0 Å². The molecular weight excluding hydrogens is 338 g/mol. The van der Waals surface area contributed by atoms with Crippen LogP contribution in [0.2, 0.25) is 0 Å². The summed E-state index contributed by atoms with van der Waals surface area (Å²) in [5.74, 6) is 0.0835. The molecule has 0 bridgehead atoms. The van der Waals surface area contributed by atoms with E-state index in [2.05, 4.69) is 0 Å². The molecule has 0 radical (unpaired) electrons. The highest BCUT2D eigenvalue weighted by Gasteiger charge is 2.27. The van der Waals surface area contributed by atoms with Crippen molar-refractivity contribution in [2.24, 2.45) is 7.05 Å². The summed E-state index contributed by atoms with van der Waals surface area (Å²) in [6, 6.07) is 15.6. The number of fused-ring (bicyclic) bond motifs is 1. The van der Waals surface area contributed by atoms with Crippen molar-refractivity contribution < 1.29 is 9.59 Å². The number of aryl methyl sites for hydroxylation is 2. The van der Waals surface area contributed by atoms with Gasteiger partial charge in [0.2, 0.25) is 0 Å². The molecule has 2 aromatic carbocycles. The number of benzene rings is 2. The minimum Gasteiger partial charge on any atom is -0.350 e. The fourth-order valence-electron chi connectivity index (χ4n) is 3.78. The zero-order valence-corrected chi connectivity index (χ0v) is 15.7. The van der Waals surface area contributed by atoms with Gasteiger partial charge in [0.05, 0.1) is 5.56 Å². The summed E-state index contributed by atoms with van der Waals surface area (Å²) in [6.07, 6.45) is 1.90. The lowest BCUT2D eigenvalue weighted by molar-refractivity contribution is 0.0536. The van der Waals surface area contributed by atoms with E-state index in [1.165, 1.54) is 0 Å². The molecule has 3 aromatic rings. The molecule has 0 unspecified atom stereocenters. The van der Waals surface area contributed by atoms with Crippen molar-refractivity contribution in [3.05, 3.63) is 71.4 Å². The van der Waals surface area contributed by atoms with Gasteiger partial charge in [-0.1, -0.05) is 36.4 Å². The van der Waals surface area contributed by atoms with Crippen LogP contribution < -0.4 is 0 Å². The highest BCUT2D eigenvalue weighted by atomic mass is 16.2. The molecular formula is C22H23N3O2. The first-order valence-corrected chi connectivity index (χ1v) is 9.24. The fourth-order valence-corrected chi connectivity index (χ4v) is 3.78. The van der Waals surface area contributed by atoms with Crippen molar-refractivity contribution in [3.8, 4) is 0 Å². The zero-order valence-electron chi connectivity index (χ0n) is 15.7. The number of amides is 2. The predicted molar refractivity (Wildman–Crippen MR) is 106 cm³/mol. The van der Waals surface area contributed by atoms with E-state index in [4.69, 9.17) is 0 Å². The maximum atomic E-state index is 13.0. The Balaban J connectivity index is 1.48. The maximum absolute atomic E-state index is 13.0. The normalized spacial score (nSPS) is 14.6. The molecule has 4 rings (SSSR count). The van der Waals surface area contributed by atoms with Crippen LogP contribution in [0.3, 0.4) is 0 Å². The van der Waals surface area contributed by atoms with E-state index in [1.54, 1.807) is 0 Å². The number of carbonyl (C=O) groups is 2.